The number of aromatic amines is 1. The predicted molar refractivity (Wildman–Crippen MR) is 65.9 cm³/mol. The Morgan fingerprint density at radius 3 is 3.12 bits per heavy atom. The molecule has 2 aromatic rings. The maximum Gasteiger partial charge on any atom is 0.343 e. The average Bonchev–Trinajstić information content (AvgIpc) is 2.62. The van der Waals surface area contributed by atoms with Gasteiger partial charge in [0.25, 0.3) is 0 Å². The van der Waals surface area contributed by atoms with Crippen LogP contribution >= 0.6 is 11.8 Å². The molecule has 0 spiro atoms. The molecule has 2 heterocycles. The van der Waals surface area contributed by atoms with Crippen molar-refractivity contribution >= 4 is 17.6 Å². The van der Waals surface area contributed by atoms with Crippen LogP contribution in [-0.2, 0) is 6.54 Å². The Hall–Kier alpha value is -1.76. The number of nitrogens with zero attached hydrogens (tertiary/aromatic N) is 3. The zero-order valence-corrected chi connectivity index (χ0v) is 10.2. The van der Waals surface area contributed by atoms with Crippen molar-refractivity contribution in [3.8, 4) is 0 Å². The topological polar surface area (TPSA) is 89.6 Å². The van der Waals surface area contributed by atoms with E-state index in [2.05, 4.69) is 15.2 Å². The zero-order chi connectivity index (χ0) is 12.3. The fraction of sp³-hybridized carbons (Fsp3) is 0.300. The third kappa shape index (κ3) is 2.68. The van der Waals surface area contributed by atoms with Gasteiger partial charge in [-0.25, -0.2) is 14.9 Å². The molecule has 0 aliphatic heterocycles. The number of anilines is 1. The first-order valence-electron chi connectivity index (χ1n) is 5.25. The van der Waals surface area contributed by atoms with Crippen molar-refractivity contribution in [3.63, 3.8) is 0 Å². The van der Waals surface area contributed by atoms with Crippen LogP contribution in [0.2, 0.25) is 0 Å². The zero-order valence-electron chi connectivity index (χ0n) is 9.38. The molecule has 0 fully saturated rings. The summed E-state index contributed by atoms with van der Waals surface area (Å²) in [4.78, 5) is 16.3. The molecule has 0 amide bonds. The molecule has 0 unspecified atom stereocenters. The van der Waals surface area contributed by atoms with E-state index >= 15 is 0 Å². The van der Waals surface area contributed by atoms with E-state index in [1.54, 1.807) is 16.8 Å². The van der Waals surface area contributed by atoms with Crippen LogP contribution in [0.3, 0.4) is 0 Å². The number of hydrogen-bond donors (Lipinski definition) is 2. The first-order valence-corrected chi connectivity index (χ1v) is 6.07. The monoisotopic (exact) mass is 251 g/mol. The lowest BCUT2D eigenvalue weighted by atomic mass is 10.5. The second-order valence-corrected chi connectivity index (χ2v) is 4.52. The standard InChI is InChI=1S/C10H13N5OS/c1-2-5-15-9(16)13-14-10(15)17-7-3-4-12-8(11)6-7/h3-4,6H,2,5H2,1H3,(H2,11,12)(H,13,16). The fourth-order valence-electron chi connectivity index (χ4n) is 1.40. The molecule has 0 saturated carbocycles. The van der Waals surface area contributed by atoms with Gasteiger partial charge in [0.05, 0.1) is 0 Å². The summed E-state index contributed by atoms with van der Waals surface area (Å²) >= 11 is 1.39. The highest BCUT2D eigenvalue weighted by Gasteiger charge is 2.09. The van der Waals surface area contributed by atoms with Gasteiger partial charge in [0.15, 0.2) is 5.16 Å². The van der Waals surface area contributed by atoms with Crippen molar-refractivity contribution < 1.29 is 0 Å². The van der Waals surface area contributed by atoms with Crippen LogP contribution in [0, 0.1) is 0 Å². The number of nitrogen functional groups attached to an aromatic ring is 1. The van der Waals surface area contributed by atoms with Gasteiger partial charge in [-0.2, -0.15) is 0 Å². The number of rotatable bonds is 4. The molecule has 7 heteroatoms. The normalized spacial score (nSPS) is 10.6. The van der Waals surface area contributed by atoms with E-state index in [4.69, 9.17) is 5.73 Å². The van der Waals surface area contributed by atoms with E-state index in [1.165, 1.54) is 11.8 Å². The Labute approximate surface area is 102 Å². The molecule has 0 atom stereocenters. The van der Waals surface area contributed by atoms with Crippen molar-refractivity contribution in [2.24, 2.45) is 0 Å². The predicted octanol–water partition coefficient (Wildman–Crippen LogP) is 1.11. The Morgan fingerprint density at radius 1 is 1.59 bits per heavy atom. The summed E-state index contributed by atoms with van der Waals surface area (Å²) in [7, 11) is 0. The van der Waals surface area contributed by atoms with Crippen molar-refractivity contribution in [1.82, 2.24) is 19.7 Å². The van der Waals surface area contributed by atoms with Crippen molar-refractivity contribution in [2.75, 3.05) is 5.73 Å². The van der Waals surface area contributed by atoms with E-state index in [0.29, 0.717) is 17.5 Å². The molecule has 6 nitrogen and oxygen atoms in total. The summed E-state index contributed by atoms with van der Waals surface area (Å²) in [5.74, 6) is 0.454. The van der Waals surface area contributed by atoms with Crippen LogP contribution in [0.15, 0.2) is 33.2 Å². The maximum atomic E-state index is 11.5. The lowest BCUT2D eigenvalue weighted by molar-refractivity contribution is 0.604. The molecule has 2 rings (SSSR count). The van der Waals surface area contributed by atoms with E-state index < -0.39 is 0 Å². The highest BCUT2D eigenvalue weighted by atomic mass is 32.2. The molecule has 0 saturated heterocycles. The first-order chi connectivity index (χ1) is 8.20. The fourth-order valence-corrected chi connectivity index (χ4v) is 2.29. The number of nitrogens with two attached hydrogens (primary N) is 1. The minimum atomic E-state index is -0.184. The van der Waals surface area contributed by atoms with Crippen LogP contribution in [0.5, 0.6) is 0 Å². The number of pyridine rings is 1. The van der Waals surface area contributed by atoms with Gasteiger partial charge < -0.3 is 5.73 Å². The molecule has 90 valence electrons. The van der Waals surface area contributed by atoms with Crippen molar-refractivity contribution in [2.45, 2.75) is 29.9 Å². The van der Waals surface area contributed by atoms with E-state index in [1.807, 2.05) is 13.0 Å². The summed E-state index contributed by atoms with van der Waals surface area (Å²) in [6.45, 7) is 2.66. The first kappa shape index (κ1) is 11.7. The second kappa shape index (κ2) is 5.05. The lowest BCUT2D eigenvalue weighted by Gasteiger charge is -2.03. The van der Waals surface area contributed by atoms with Crippen molar-refractivity contribution in [3.05, 3.63) is 28.8 Å². The van der Waals surface area contributed by atoms with Crippen LogP contribution in [-0.4, -0.2) is 19.7 Å². The SMILES string of the molecule is CCCn1c(Sc2ccnc(N)c2)n[nH]c1=O. The highest BCUT2D eigenvalue weighted by Crippen LogP contribution is 2.25. The summed E-state index contributed by atoms with van der Waals surface area (Å²) in [5.41, 5.74) is 5.41. The van der Waals surface area contributed by atoms with Crippen LogP contribution in [0.4, 0.5) is 5.82 Å². The molecule has 3 N–H and O–H groups in total. The van der Waals surface area contributed by atoms with Gasteiger partial charge in [0.1, 0.15) is 5.82 Å². The van der Waals surface area contributed by atoms with E-state index in [0.717, 1.165) is 11.3 Å². The molecular weight excluding hydrogens is 238 g/mol. The van der Waals surface area contributed by atoms with Gasteiger partial charge in [-0.05, 0) is 30.3 Å². The Balaban J connectivity index is 2.27. The van der Waals surface area contributed by atoms with E-state index in [9.17, 15) is 4.79 Å². The smallest absolute Gasteiger partial charge is 0.343 e. The second-order valence-electron chi connectivity index (χ2n) is 3.48. The number of aromatic nitrogens is 4. The Morgan fingerprint density at radius 2 is 2.41 bits per heavy atom. The van der Waals surface area contributed by atoms with Crippen LogP contribution < -0.4 is 11.4 Å². The number of nitrogens with one attached hydrogen (secondary N) is 1. The third-order valence-corrected chi connectivity index (χ3v) is 3.12. The molecule has 0 aliphatic carbocycles. The minimum Gasteiger partial charge on any atom is -0.384 e. The largest absolute Gasteiger partial charge is 0.384 e. The Kier molecular flexibility index (Phi) is 3.48. The summed E-state index contributed by atoms with van der Waals surface area (Å²) < 4.78 is 1.61. The maximum absolute atomic E-state index is 11.5. The van der Waals surface area contributed by atoms with Gasteiger partial charge in [-0.3, -0.25) is 4.57 Å². The van der Waals surface area contributed by atoms with Crippen LogP contribution in [0.25, 0.3) is 0 Å². The average molecular weight is 251 g/mol. The van der Waals surface area contributed by atoms with E-state index in [-0.39, 0.29) is 5.69 Å². The van der Waals surface area contributed by atoms with Gasteiger partial charge in [0.2, 0.25) is 0 Å². The molecule has 17 heavy (non-hydrogen) atoms. The summed E-state index contributed by atoms with van der Waals surface area (Å²) in [6.07, 6.45) is 2.51. The van der Waals surface area contributed by atoms with Gasteiger partial charge in [-0.1, -0.05) is 6.92 Å². The molecule has 0 aliphatic rings. The summed E-state index contributed by atoms with van der Waals surface area (Å²) in [6, 6.07) is 3.58. The molecule has 0 radical (unpaired) electrons. The lowest BCUT2D eigenvalue weighted by Crippen LogP contribution is -2.17. The third-order valence-electron chi connectivity index (χ3n) is 2.13. The minimum absolute atomic E-state index is 0.184. The summed E-state index contributed by atoms with van der Waals surface area (Å²) in [5, 5.41) is 7.07. The van der Waals surface area contributed by atoms with Crippen LogP contribution in [0.1, 0.15) is 13.3 Å². The molecule has 0 aromatic carbocycles. The molecular formula is C10H13N5OS. The molecule has 2 aromatic heterocycles. The number of hydrogen-bond acceptors (Lipinski definition) is 5. The molecule has 0 bridgehead atoms. The number of H-pyrrole nitrogens is 1. The quantitative estimate of drug-likeness (QED) is 0.849. The highest BCUT2D eigenvalue weighted by molar-refractivity contribution is 7.99. The van der Waals surface area contributed by atoms with Gasteiger partial charge in [-0.15, -0.1) is 5.10 Å². The van der Waals surface area contributed by atoms with Gasteiger partial charge in [0, 0.05) is 17.6 Å². The van der Waals surface area contributed by atoms with Gasteiger partial charge >= 0.3 is 5.69 Å². The Bertz CT molecular complexity index is 562. The van der Waals surface area contributed by atoms with Crippen molar-refractivity contribution in [1.29, 1.82) is 0 Å².